The van der Waals surface area contributed by atoms with Gasteiger partial charge in [0, 0.05) is 25.7 Å². The fourth-order valence-electron chi connectivity index (χ4n) is 3.26. The lowest BCUT2D eigenvalue weighted by atomic mass is 10.2. The van der Waals surface area contributed by atoms with Gasteiger partial charge in [-0.3, -0.25) is 9.59 Å². The van der Waals surface area contributed by atoms with Crippen molar-refractivity contribution in [2.45, 2.75) is 37.1 Å². The van der Waals surface area contributed by atoms with E-state index in [0.717, 1.165) is 9.87 Å². The molecule has 1 fully saturated rings. The minimum atomic E-state index is -3.89. The number of aliphatic carboxylic acids is 1. The second-order valence-electron chi connectivity index (χ2n) is 5.82. The molecule has 2 aliphatic rings. The molecule has 23 heavy (non-hydrogen) atoms. The Kier molecular flexibility index (Phi) is 3.89. The Bertz CT molecular complexity index is 774. The molecular weight excluding hydrogens is 320 g/mol. The molecule has 0 spiro atoms. The fourth-order valence-corrected chi connectivity index (χ4v) is 4.93. The average molecular weight is 338 g/mol. The number of anilines is 1. The third kappa shape index (κ3) is 2.61. The smallest absolute Gasteiger partial charge is 0.322 e. The van der Waals surface area contributed by atoms with Crippen LogP contribution in [-0.4, -0.2) is 48.8 Å². The van der Waals surface area contributed by atoms with Crippen molar-refractivity contribution in [1.29, 1.82) is 0 Å². The van der Waals surface area contributed by atoms with Crippen LogP contribution in [0.2, 0.25) is 0 Å². The van der Waals surface area contributed by atoms with Crippen molar-refractivity contribution in [3.63, 3.8) is 0 Å². The highest BCUT2D eigenvalue weighted by atomic mass is 32.2. The number of rotatable bonds is 3. The molecular formula is C15H18N2O5S. The number of amides is 1. The van der Waals surface area contributed by atoms with Crippen LogP contribution in [0.5, 0.6) is 0 Å². The van der Waals surface area contributed by atoms with Crippen LogP contribution < -0.4 is 4.90 Å². The lowest BCUT2D eigenvalue weighted by Crippen LogP contribution is -2.40. The number of carbonyl (C=O) groups is 2. The lowest BCUT2D eigenvalue weighted by Gasteiger charge is -2.22. The molecule has 1 amide bonds. The zero-order valence-electron chi connectivity index (χ0n) is 12.7. The molecule has 1 aromatic rings. The van der Waals surface area contributed by atoms with Crippen LogP contribution >= 0.6 is 0 Å². The maximum absolute atomic E-state index is 12.8. The Morgan fingerprint density at radius 1 is 1.26 bits per heavy atom. The summed E-state index contributed by atoms with van der Waals surface area (Å²) < 4.78 is 26.6. The van der Waals surface area contributed by atoms with E-state index in [-0.39, 0.29) is 17.3 Å². The molecule has 124 valence electrons. The van der Waals surface area contributed by atoms with Gasteiger partial charge in [-0.15, -0.1) is 0 Å². The molecule has 1 N–H and O–H groups in total. The average Bonchev–Trinajstić information content (AvgIpc) is 3.13. The highest BCUT2D eigenvalue weighted by molar-refractivity contribution is 7.89. The first-order valence-corrected chi connectivity index (χ1v) is 8.92. The summed E-state index contributed by atoms with van der Waals surface area (Å²) in [7, 11) is -3.89. The zero-order valence-corrected chi connectivity index (χ0v) is 13.5. The van der Waals surface area contributed by atoms with Gasteiger partial charge in [0.2, 0.25) is 15.9 Å². The predicted molar refractivity (Wildman–Crippen MR) is 82.7 cm³/mol. The molecule has 1 atom stereocenters. The van der Waals surface area contributed by atoms with Gasteiger partial charge in [0.15, 0.2) is 0 Å². The zero-order chi connectivity index (χ0) is 16.8. The molecule has 0 aromatic heterocycles. The number of carboxylic acids is 1. The molecule has 0 saturated carbocycles. The van der Waals surface area contributed by atoms with Gasteiger partial charge >= 0.3 is 5.97 Å². The maximum Gasteiger partial charge on any atom is 0.322 e. The number of carbonyl (C=O) groups excluding carboxylic acids is 1. The molecule has 0 bridgehead atoms. The fraction of sp³-hybridized carbons (Fsp3) is 0.467. The Labute approximate surface area is 134 Å². The van der Waals surface area contributed by atoms with Gasteiger partial charge in [0.05, 0.1) is 4.90 Å². The van der Waals surface area contributed by atoms with Crippen molar-refractivity contribution in [2.24, 2.45) is 0 Å². The number of hydrogen-bond acceptors (Lipinski definition) is 4. The third-order valence-electron chi connectivity index (χ3n) is 4.43. The number of hydrogen-bond donors (Lipinski definition) is 1. The van der Waals surface area contributed by atoms with Gasteiger partial charge in [-0.1, -0.05) is 6.07 Å². The lowest BCUT2D eigenvalue weighted by molar-refractivity contribution is -0.140. The van der Waals surface area contributed by atoms with Crippen LogP contribution in [-0.2, 0) is 26.0 Å². The van der Waals surface area contributed by atoms with Gasteiger partial charge in [-0.05, 0) is 37.0 Å². The van der Waals surface area contributed by atoms with Crippen LogP contribution in [0.4, 0.5) is 5.69 Å². The second kappa shape index (κ2) is 5.61. The van der Waals surface area contributed by atoms with E-state index < -0.39 is 22.0 Å². The largest absolute Gasteiger partial charge is 0.480 e. The van der Waals surface area contributed by atoms with Crippen LogP contribution in [0.1, 0.15) is 25.3 Å². The van der Waals surface area contributed by atoms with Crippen molar-refractivity contribution in [1.82, 2.24) is 4.31 Å². The molecule has 2 aliphatic heterocycles. The molecule has 3 rings (SSSR count). The molecule has 7 nitrogen and oxygen atoms in total. The summed E-state index contributed by atoms with van der Waals surface area (Å²) >= 11 is 0. The monoisotopic (exact) mass is 338 g/mol. The van der Waals surface area contributed by atoms with Crippen LogP contribution in [0.3, 0.4) is 0 Å². The summed E-state index contributed by atoms with van der Waals surface area (Å²) in [4.78, 5) is 24.5. The number of carboxylic acid groups (broad SMARTS) is 1. The second-order valence-corrected chi connectivity index (χ2v) is 7.71. The standard InChI is InChI=1S/C15H18N2O5S/c1-10(18)16-8-6-11-4-5-12(9-14(11)16)23(21,22)17-7-2-3-13(17)15(19)20/h4-5,9,13H,2-3,6-8H2,1H3,(H,19,20)/t13-/m1/s1. The molecule has 0 radical (unpaired) electrons. The van der Waals surface area contributed by atoms with E-state index in [1.807, 2.05) is 0 Å². The van der Waals surface area contributed by atoms with Crippen LogP contribution in [0.15, 0.2) is 23.1 Å². The van der Waals surface area contributed by atoms with Crippen molar-refractivity contribution in [3.05, 3.63) is 23.8 Å². The van der Waals surface area contributed by atoms with Crippen LogP contribution in [0, 0.1) is 0 Å². The van der Waals surface area contributed by atoms with Gasteiger partial charge < -0.3 is 10.0 Å². The van der Waals surface area contributed by atoms with E-state index in [4.69, 9.17) is 0 Å². The van der Waals surface area contributed by atoms with E-state index >= 15 is 0 Å². The number of fused-ring (bicyclic) bond motifs is 1. The Balaban J connectivity index is 2.00. The summed E-state index contributed by atoms with van der Waals surface area (Å²) in [5.74, 6) is -1.26. The van der Waals surface area contributed by atoms with Gasteiger partial charge in [-0.25, -0.2) is 8.42 Å². The van der Waals surface area contributed by atoms with E-state index in [1.165, 1.54) is 19.1 Å². The summed E-state index contributed by atoms with van der Waals surface area (Å²) in [6.07, 6.45) is 1.54. The molecule has 0 aliphatic carbocycles. The first-order chi connectivity index (χ1) is 10.8. The van der Waals surface area contributed by atoms with Gasteiger partial charge in [-0.2, -0.15) is 4.31 Å². The maximum atomic E-state index is 12.8. The van der Waals surface area contributed by atoms with Gasteiger partial charge in [0.1, 0.15) is 6.04 Å². The predicted octanol–water partition coefficient (Wildman–Crippen LogP) is 0.833. The van der Waals surface area contributed by atoms with Crippen molar-refractivity contribution >= 4 is 27.6 Å². The minimum absolute atomic E-state index is 0.0394. The van der Waals surface area contributed by atoms with Gasteiger partial charge in [0.25, 0.3) is 0 Å². The van der Waals surface area contributed by atoms with E-state index in [1.54, 1.807) is 11.0 Å². The van der Waals surface area contributed by atoms with Crippen molar-refractivity contribution in [3.8, 4) is 0 Å². The highest BCUT2D eigenvalue weighted by Crippen LogP contribution is 2.33. The number of sulfonamides is 1. The number of benzene rings is 1. The topological polar surface area (TPSA) is 95.0 Å². The quantitative estimate of drug-likeness (QED) is 0.881. The molecule has 2 heterocycles. The summed E-state index contributed by atoms with van der Waals surface area (Å²) in [6, 6.07) is 3.67. The summed E-state index contributed by atoms with van der Waals surface area (Å²) in [5.41, 5.74) is 1.53. The first-order valence-electron chi connectivity index (χ1n) is 7.48. The van der Waals surface area contributed by atoms with E-state index in [0.29, 0.717) is 31.5 Å². The normalized spacial score (nSPS) is 21.4. The van der Waals surface area contributed by atoms with Crippen molar-refractivity contribution in [2.75, 3.05) is 18.0 Å². The van der Waals surface area contributed by atoms with E-state index in [2.05, 4.69) is 0 Å². The Morgan fingerprint density at radius 2 is 2.00 bits per heavy atom. The highest BCUT2D eigenvalue weighted by Gasteiger charge is 2.40. The molecule has 1 aromatic carbocycles. The molecule has 1 saturated heterocycles. The third-order valence-corrected chi connectivity index (χ3v) is 6.33. The number of nitrogens with zero attached hydrogens (tertiary/aromatic N) is 2. The van der Waals surface area contributed by atoms with Crippen molar-refractivity contribution < 1.29 is 23.1 Å². The van der Waals surface area contributed by atoms with E-state index in [9.17, 15) is 23.1 Å². The molecule has 0 unspecified atom stereocenters. The minimum Gasteiger partial charge on any atom is -0.480 e. The Morgan fingerprint density at radius 3 is 2.65 bits per heavy atom. The first kappa shape index (κ1) is 15.9. The SMILES string of the molecule is CC(=O)N1CCc2ccc(S(=O)(=O)N3CCC[C@@H]3C(=O)O)cc21. The molecule has 8 heteroatoms. The summed E-state index contributed by atoms with van der Waals surface area (Å²) in [6.45, 7) is 2.18. The Hall–Kier alpha value is -1.93. The summed E-state index contributed by atoms with van der Waals surface area (Å²) in [5, 5.41) is 9.20. The van der Waals surface area contributed by atoms with Crippen LogP contribution in [0.25, 0.3) is 0 Å².